The van der Waals surface area contributed by atoms with Crippen molar-refractivity contribution in [1.82, 2.24) is 20.2 Å². The highest BCUT2D eigenvalue weighted by Gasteiger charge is 2.21. The number of hydrogen-bond acceptors (Lipinski definition) is 5. The Morgan fingerprint density at radius 2 is 2.25 bits per heavy atom. The molecule has 6 nitrogen and oxygen atoms in total. The predicted octanol–water partition coefficient (Wildman–Crippen LogP) is 0.756. The second-order valence-corrected chi connectivity index (χ2v) is 4.97. The first-order valence-electron chi connectivity index (χ1n) is 5.46. The molecule has 7 heteroatoms. The van der Waals surface area contributed by atoms with E-state index in [9.17, 15) is 4.79 Å². The molecule has 1 heterocycles. The number of rotatable bonds is 5. The lowest BCUT2D eigenvalue weighted by Crippen LogP contribution is -2.12. The summed E-state index contributed by atoms with van der Waals surface area (Å²) in [6.45, 7) is 0. The molecule has 1 saturated carbocycles. The second kappa shape index (κ2) is 5.29. The summed E-state index contributed by atoms with van der Waals surface area (Å²) in [5.41, 5.74) is 5.08. The van der Waals surface area contributed by atoms with Crippen LogP contribution in [0.4, 0.5) is 0 Å². The first kappa shape index (κ1) is 11.4. The van der Waals surface area contributed by atoms with E-state index in [1.54, 1.807) is 0 Å². The number of primary amides is 1. The molecule has 0 radical (unpaired) electrons. The van der Waals surface area contributed by atoms with E-state index in [4.69, 9.17) is 5.73 Å². The Kier molecular flexibility index (Phi) is 3.76. The van der Waals surface area contributed by atoms with E-state index in [0.29, 0.717) is 18.2 Å². The standard InChI is InChI=1S/C9H15N5OS/c10-8(15)5-6-16-9-11-12-13-14(9)7-3-1-2-4-7/h7H,1-6H2,(H2,10,15). The molecule has 2 rings (SSSR count). The molecule has 88 valence electrons. The van der Waals surface area contributed by atoms with Crippen LogP contribution in [-0.2, 0) is 4.79 Å². The van der Waals surface area contributed by atoms with Gasteiger partial charge in [-0.15, -0.1) is 5.10 Å². The first-order chi connectivity index (χ1) is 7.77. The zero-order chi connectivity index (χ0) is 11.4. The number of tetrazole rings is 1. The Labute approximate surface area is 98.0 Å². The third kappa shape index (κ3) is 2.72. The second-order valence-electron chi connectivity index (χ2n) is 3.91. The molecule has 16 heavy (non-hydrogen) atoms. The summed E-state index contributed by atoms with van der Waals surface area (Å²) in [4.78, 5) is 10.6. The normalized spacial score (nSPS) is 16.8. The maximum Gasteiger partial charge on any atom is 0.218 e. The monoisotopic (exact) mass is 241 g/mol. The topological polar surface area (TPSA) is 86.7 Å². The van der Waals surface area contributed by atoms with Crippen molar-refractivity contribution in [2.24, 2.45) is 5.73 Å². The number of carbonyl (C=O) groups is 1. The van der Waals surface area contributed by atoms with Crippen molar-refractivity contribution in [3.05, 3.63) is 0 Å². The number of nitrogens with zero attached hydrogens (tertiary/aromatic N) is 4. The molecule has 1 aromatic rings. The summed E-state index contributed by atoms with van der Waals surface area (Å²) in [5.74, 6) is 0.356. The van der Waals surface area contributed by atoms with Crippen LogP contribution < -0.4 is 5.73 Å². The third-order valence-corrected chi connectivity index (χ3v) is 3.65. The average molecular weight is 241 g/mol. The van der Waals surface area contributed by atoms with Gasteiger partial charge in [-0.05, 0) is 23.3 Å². The number of thioether (sulfide) groups is 1. The molecule has 0 aliphatic heterocycles. The highest BCUT2D eigenvalue weighted by molar-refractivity contribution is 7.99. The predicted molar refractivity (Wildman–Crippen MR) is 59.9 cm³/mol. The summed E-state index contributed by atoms with van der Waals surface area (Å²) in [5, 5.41) is 12.5. The average Bonchev–Trinajstić information content (AvgIpc) is 2.84. The lowest BCUT2D eigenvalue weighted by Gasteiger charge is -2.10. The molecule has 0 unspecified atom stereocenters. The van der Waals surface area contributed by atoms with Gasteiger partial charge in [0.1, 0.15) is 0 Å². The summed E-state index contributed by atoms with van der Waals surface area (Å²) in [7, 11) is 0. The summed E-state index contributed by atoms with van der Waals surface area (Å²) >= 11 is 1.49. The number of aromatic nitrogens is 4. The minimum Gasteiger partial charge on any atom is -0.370 e. The SMILES string of the molecule is NC(=O)CCSc1nnnn1C1CCCC1. The van der Waals surface area contributed by atoms with E-state index in [1.165, 1.54) is 24.6 Å². The molecular formula is C9H15N5OS. The minimum atomic E-state index is -0.285. The van der Waals surface area contributed by atoms with E-state index in [-0.39, 0.29) is 5.91 Å². The molecule has 2 N–H and O–H groups in total. The van der Waals surface area contributed by atoms with Gasteiger partial charge in [0.25, 0.3) is 0 Å². The molecule has 0 atom stereocenters. The Hall–Kier alpha value is -1.11. The van der Waals surface area contributed by atoms with Crippen molar-refractivity contribution in [2.45, 2.75) is 43.3 Å². The number of nitrogens with two attached hydrogens (primary N) is 1. The van der Waals surface area contributed by atoms with Crippen LogP contribution in [-0.4, -0.2) is 31.9 Å². The zero-order valence-electron chi connectivity index (χ0n) is 9.00. The van der Waals surface area contributed by atoms with E-state index in [0.717, 1.165) is 18.0 Å². The Morgan fingerprint density at radius 1 is 1.50 bits per heavy atom. The molecule has 1 amide bonds. The third-order valence-electron chi connectivity index (χ3n) is 2.71. The van der Waals surface area contributed by atoms with Gasteiger partial charge in [-0.2, -0.15) is 0 Å². The first-order valence-corrected chi connectivity index (χ1v) is 6.45. The molecule has 0 aromatic carbocycles. The Bertz CT molecular complexity index is 361. The summed E-state index contributed by atoms with van der Waals surface area (Å²) in [6.07, 6.45) is 5.15. The fourth-order valence-corrected chi connectivity index (χ4v) is 2.80. The highest BCUT2D eigenvalue weighted by Crippen LogP contribution is 2.31. The fraction of sp³-hybridized carbons (Fsp3) is 0.778. The van der Waals surface area contributed by atoms with Gasteiger partial charge >= 0.3 is 0 Å². The van der Waals surface area contributed by atoms with Gasteiger partial charge in [-0.1, -0.05) is 24.6 Å². The van der Waals surface area contributed by atoms with Crippen molar-refractivity contribution in [1.29, 1.82) is 0 Å². The van der Waals surface area contributed by atoms with Crippen LogP contribution in [0.1, 0.15) is 38.1 Å². The Morgan fingerprint density at radius 3 is 2.94 bits per heavy atom. The van der Waals surface area contributed by atoms with E-state index in [2.05, 4.69) is 15.5 Å². The van der Waals surface area contributed by atoms with Gasteiger partial charge in [0.05, 0.1) is 6.04 Å². The maximum absolute atomic E-state index is 10.6. The number of hydrogen-bond donors (Lipinski definition) is 1. The summed E-state index contributed by atoms with van der Waals surface area (Å²) < 4.78 is 1.89. The number of carbonyl (C=O) groups excluding carboxylic acids is 1. The molecule has 1 aliphatic carbocycles. The molecule has 1 fully saturated rings. The maximum atomic E-state index is 10.6. The minimum absolute atomic E-state index is 0.285. The quantitative estimate of drug-likeness (QED) is 0.769. The number of amides is 1. The van der Waals surface area contributed by atoms with Crippen LogP contribution in [0.3, 0.4) is 0 Å². The van der Waals surface area contributed by atoms with Gasteiger partial charge in [0, 0.05) is 12.2 Å². The lowest BCUT2D eigenvalue weighted by molar-refractivity contribution is -0.117. The highest BCUT2D eigenvalue weighted by atomic mass is 32.2. The van der Waals surface area contributed by atoms with E-state index >= 15 is 0 Å². The molecule has 0 spiro atoms. The van der Waals surface area contributed by atoms with Crippen molar-refractivity contribution in [3.8, 4) is 0 Å². The van der Waals surface area contributed by atoms with Crippen molar-refractivity contribution < 1.29 is 4.79 Å². The van der Waals surface area contributed by atoms with Gasteiger partial charge < -0.3 is 5.73 Å². The van der Waals surface area contributed by atoms with Crippen molar-refractivity contribution in [3.63, 3.8) is 0 Å². The van der Waals surface area contributed by atoms with Gasteiger partial charge in [-0.25, -0.2) is 4.68 Å². The fourth-order valence-electron chi connectivity index (χ4n) is 1.90. The van der Waals surface area contributed by atoms with Gasteiger partial charge in [0.15, 0.2) is 0 Å². The Balaban J connectivity index is 1.93. The van der Waals surface area contributed by atoms with Crippen molar-refractivity contribution >= 4 is 17.7 Å². The molecule has 1 aliphatic rings. The van der Waals surface area contributed by atoms with E-state index in [1.807, 2.05) is 4.68 Å². The molecule has 1 aromatic heterocycles. The van der Waals surface area contributed by atoms with Crippen LogP contribution in [0, 0.1) is 0 Å². The molecule has 0 saturated heterocycles. The largest absolute Gasteiger partial charge is 0.370 e. The van der Waals surface area contributed by atoms with Crippen LogP contribution in [0.5, 0.6) is 0 Å². The van der Waals surface area contributed by atoms with Crippen LogP contribution >= 0.6 is 11.8 Å². The summed E-state index contributed by atoms with van der Waals surface area (Å²) in [6, 6.07) is 0.436. The van der Waals surface area contributed by atoms with Gasteiger partial charge in [-0.3, -0.25) is 4.79 Å². The zero-order valence-corrected chi connectivity index (χ0v) is 9.82. The van der Waals surface area contributed by atoms with Crippen molar-refractivity contribution in [2.75, 3.05) is 5.75 Å². The van der Waals surface area contributed by atoms with Crippen LogP contribution in [0.25, 0.3) is 0 Å². The lowest BCUT2D eigenvalue weighted by atomic mass is 10.3. The van der Waals surface area contributed by atoms with Gasteiger partial charge in [0.2, 0.25) is 11.1 Å². The van der Waals surface area contributed by atoms with E-state index < -0.39 is 0 Å². The van der Waals surface area contributed by atoms with Crippen LogP contribution in [0.2, 0.25) is 0 Å². The smallest absolute Gasteiger partial charge is 0.218 e. The molecule has 0 bridgehead atoms. The van der Waals surface area contributed by atoms with Crippen LogP contribution in [0.15, 0.2) is 5.16 Å². The molecular weight excluding hydrogens is 226 g/mol.